The highest BCUT2D eigenvalue weighted by molar-refractivity contribution is 5.95. The molecule has 1 unspecified atom stereocenters. The number of amides is 2. The summed E-state index contributed by atoms with van der Waals surface area (Å²) in [5, 5.41) is 0. The predicted molar refractivity (Wildman–Crippen MR) is 126 cm³/mol. The number of halogens is 1. The molecule has 1 atom stereocenters. The number of hydrogen-bond donors (Lipinski definition) is 0. The summed E-state index contributed by atoms with van der Waals surface area (Å²) >= 11 is 0. The molecule has 0 N–H and O–H groups in total. The number of aryl methyl sites for hydroxylation is 1. The van der Waals surface area contributed by atoms with Crippen molar-refractivity contribution in [2.75, 3.05) is 65.6 Å². The molecule has 0 spiro atoms. The quantitative estimate of drug-likeness (QED) is 0.624. The Balaban J connectivity index is 1.43. The minimum atomic E-state index is -0.436. The number of morpholine rings is 2. The summed E-state index contributed by atoms with van der Waals surface area (Å²) in [6.45, 7) is 7.95. The molecule has 4 rings (SSSR count). The fourth-order valence-electron chi connectivity index (χ4n) is 4.31. The van der Waals surface area contributed by atoms with Crippen LogP contribution in [0.15, 0.2) is 48.5 Å². The Kier molecular flexibility index (Phi) is 8.26. The van der Waals surface area contributed by atoms with Crippen LogP contribution in [0.4, 0.5) is 4.39 Å². The molecule has 2 aliphatic rings. The molecule has 8 heteroatoms. The summed E-state index contributed by atoms with van der Waals surface area (Å²) in [7, 11) is 0. The Morgan fingerprint density at radius 1 is 1.03 bits per heavy atom. The smallest absolute Gasteiger partial charge is 0.254 e. The van der Waals surface area contributed by atoms with Gasteiger partial charge in [-0.2, -0.15) is 0 Å². The highest BCUT2D eigenvalue weighted by Crippen LogP contribution is 2.15. The summed E-state index contributed by atoms with van der Waals surface area (Å²) < 4.78 is 25.0. The number of carbonyl (C=O) groups excluding carboxylic acids is 2. The molecule has 34 heavy (non-hydrogen) atoms. The fourth-order valence-corrected chi connectivity index (χ4v) is 4.31. The minimum absolute atomic E-state index is 0.0505. The Morgan fingerprint density at radius 2 is 1.79 bits per heavy atom. The number of rotatable bonds is 7. The van der Waals surface area contributed by atoms with Crippen LogP contribution in [-0.4, -0.2) is 98.3 Å². The molecule has 182 valence electrons. The van der Waals surface area contributed by atoms with Gasteiger partial charge in [-0.3, -0.25) is 14.5 Å². The van der Waals surface area contributed by atoms with E-state index in [1.54, 1.807) is 11.0 Å². The highest BCUT2D eigenvalue weighted by atomic mass is 19.1. The van der Waals surface area contributed by atoms with Crippen LogP contribution < -0.4 is 0 Å². The summed E-state index contributed by atoms with van der Waals surface area (Å²) in [4.78, 5) is 32.1. The number of nitrogens with zero attached hydrogens (tertiary/aromatic N) is 3. The molecule has 7 nitrogen and oxygen atoms in total. The Hall–Kier alpha value is -2.81. The van der Waals surface area contributed by atoms with E-state index in [2.05, 4.69) is 4.90 Å². The van der Waals surface area contributed by atoms with E-state index in [-0.39, 0.29) is 17.9 Å². The zero-order valence-corrected chi connectivity index (χ0v) is 19.6. The van der Waals surface area contributed by atoms with E-state index in [1.807, 2.05) is 36.1 Å². The minimum Gasteiger partial charge on any atom is -0.379 e. The second-order valence-corrected chi connectivity index (χ2v) is 8.83. The van der Waals surface area contributed by atoms with E-state index in [0.717, 1.165) is 25.2 Å². The van der Waals surface area contributed by atoms with Gasteiger partial charge in [-0.15, -0.1) is 0 Å². The Morgan fingerprint density at radius 3 is 2.53 bits per heavy atom. The first-order valence-electron chi connectivity index (χ1n) is 11.8. The van der Waals surface area contributed by atoms with Crippen molar-refractivity contribution < 1.29 is 23.5 Å². The molecule has 2 aliphatic heterocycles. The van der Waals surface area contributed by atoms with Gasteiger partial charge in [0.2, 0.25) is 0 Å². The summed E-state index contributed by atoms with van der Waals surface area (Å²) in [6, 6.07) is 13.3. The second-order valence-electron chi connectivity index (χ2n) is 8.83. The van der Waals surface area contributed by atoms with Gasteiger partial charge in [-0.25, -0.2) is 4.39 Å². The molecule has 2 aromatic rings. The van der Waals surface area contributed by atoms with Crippen LogP contribution >= 0.6 is 0 Å². The molecule has 2 fully saturated rings. The number of carbonyl (C=O) groups is 2. The molecule has 0 radical (unpaired) electrons. The molecule has 2 saturated heterocycles. The maximum absolute atomic E-state index is 13.6. The van der Waals surface area contributed by atoms with Gasteiger partial charge in [-0.05, 0) is 37.3 Å². The number of hydrogen-bond acceptors (Lipinski definition) is 5. The van der Waals surface area contributed by atoms with E-state index >= 15 is 0 Å². The highest BCUT2D eigenvalue weighted by Gasteiger charge is 2.29. The van der Waals surface area contributed by atoms with Crippen LogP contribution in [0.3, 0.4) is 0 Å². The van der Waals surface area contributed by atoms with Gasteiger partial charge >= 0.3 is 0 Å². The molecule has 0 aromatic heterocycles. The van der Waals surface area contributed by atoms with Gasteiger partial charge in [0.25, 0.3) is 11.8 Å². The van der Waals surface area contributed by atoms with Gasteiger partial charge in [0.15, 0.2) is 0 Å². The molecule has 2 heterocycles. The number of benzene rings is 2. The molecule has 0 saturated carbocycles. The van der Waals surface area contributed by atoms with Crippen molar-refractivity contribution in [3.05, 3.63) is 71.0 Å². The summed E-state index contributed by atoms with van der Waals surface area (Å²) in [5.41, 5.74) is 2.05. The maximum Gasteiger partial charge on any atom is 0.254 e. The Bertz CT molecular complexity index is 978. The average Bonchev–Trinajstić information content (AvgIpc) is 2.87. The molecule has 2 aromatic carbocycles. The molecule has 0 aliphatic carbocycles. The molecule has 0 bridgehead atoms. The first-order chi connectivity index (χ1) is 16.5. The fraction of sp³-hybridized carbons (Fsp3) is 0.462. The van der Waals surface area contributed by atoms with E-state index in [4.69, 9.17) is 9.47 Å². The third-order valence-corrected chi connectivity index (χ3v) is 6.30. The topological polar surface area (TPSA) is 62.3 Å². The van der Waals surface area contributed by atoms with E-state index in [9.17, 15) is 14.0 Å². The van der Waals surface area contributed by atoms with Crippen LogP contribution in [0.5, 0.6) is 0 Å². The lowest BCUT2D eigenvalue weighted by Crippen LogP contribution is -2.52. The van der Waals surface area contributed by atoms with Crippen LogP contribution in [0, 0.1) is 12.7 Å². The Labute approximate surface area is 200 Å². The molecular weight excluding hydrogens is 437 g/mol. The third-order valence-electron chi connectivity index (χ3n) is 6.30. The van der Waals surface area contributed by atoms with Gasteiger partial charge < -0.3 is 19.3 Å². The zero-order chi connectivity index (χ0) is 23.9. The van der Waals surface area contributed by atoms with Crippen molar-refractivity contribution in [2.45, 2.75) is 13.0 Å². The van der Waals surface area contributed by atoms with Crippen LogP contribution in [0.25, 0.3) is 0 Å². The van der Waals surface area contributed by atoms with E-state index in [0.29, 0.717) is 57.1 Å². The van der Waals surface area contributed by atoms with Crippen molar-refractivity contribution in [1.29, 1.82) is 0 Å². The van der Waals surface area contributed by atoms with Crippen molar-refractivity contribution >= 4 is 11.8 Å². The lowest BCUT2D eigenvalue weighted by Gasteiger charge is -2.37. The van der Waals surface area contributed by atoms with Crippen LogP contribution in [0.2, 0.25) is 0 Å². The van der Waals surface area contributed by atoms with Crippen molar-refractivity contribution in [2.24, 2.45) is 0 Å². The van der Waals surface area contributed by atoms with Crippen LogP contribution in [-0.2, 0) is 9.47 Å². The standard InChI is InChI=1S/C26H32FN3O4/c1-20-5-7-21(8-6-20)25(31)29(10-9-28-11-14-33-15-12-28)18-24-19-30(13-16-34-24)26(32)22-3-2-4-23(27)17-22/h2-8,17,24H,9-16,18-19H2,1H3. The monoisotopic (exact) mass is 469 g/mol. The van der Waals surface area contributed by atoms with Crippen molar-refractivity contribution in [3.63, 3.8) is 0 Å². The molecular formula is C26H32FN3O4. The van der Waals surface area contributed by atoms with Crippen molar-refractivity contribution in [1.82, 2.24) is 14.7 Å². The third kappa shape index (κ3) is 6.40. The number of ether oxygens (including phenoxy) is 2. The normalized spacial score (nSPS) is 19.1. The average molecular weight is 470 g/mol. The first kappa shape index (κ1) is 24.3. The predicted octanol–water partition coefficient (Wildman–Crippen LogP) is 2.45. The SMILES string of the molecule is Cc1ccc(C(=O)N(CCN2CCOCC2)CC2CN(C(=O)c3cccc(F)c3)CCO2)cc1. The first-order valence-corrected chi connectivity index (χ1v) is 11.8. The van der Waals surface area contributed by atoms with Gasteiger partial charge in [0, 0.05) is 56.9 Å². The second kappa shape index (κ2) is 11.6. The van der Waals surface area contributed by atoms with E-state index < -0.39 is 5.82 Å². The van der Waals surface area contributed by atoms with Gasteiger partial charge in [0.05, 0.1) is 25.9 Å². The summed E-state index contributed by atoms with van der Waals surface area (Å²) in [5.74, 6) is -0.711. The maximum atomic E-state index is 13.6. The zero-order valence-electron chi connectivity index (χ0n) is 19.6. The largest absolute Gasteiger partial charge is 0.379 e. The van der Waals surface area contributed by atoms with E-state index in [1.165, 1.54) is 18.2 Å². The lowest BCUT2D eigenvalue weighted by molar-refractivity contribution is -0.0347. The van der Waals surface area contributed by atoms with Gasteiger partial charge in [-0.1, -0.05) is 23.8 Å². The molecule has 2 amide bonds. The van der Waals surface area contributed by atoms with Gasteiger partial charge in [0.1, 0.15) is 5.82 Å². The summed E-state index contributed by atoms with van der Waals surface area (Å²) in [6.07, 6.45) is -0.314. The van der Waals surface area contributed by atoms with Crippen LogP contribution in [0.1, 0.15) is 26.3 Å². The lowest BCUT2D eigenvalue weighted by atomic mass is 10.1. The van der Waals surface area contributed by atoms with Crippen molar-refractivity contribution in [3.8, 4) is 0 Å².